The monoisotopic (exact) mass is 403 g/mol. The van der Waals surface area contributed by atoms with Crippen LogP contribution in [0.5, 0.6) is 0 Å². The van der Waals surface area contributed by atoms with E-state index < -0.39 is 22.4 Å². The maximum Gasteiger partial charge on any atom is 0.416 e. The Morgan fingerprint density at radius 1 is 1.00 bits per heavy atom. The van der Waals surface area contributed by atoms with E-state index in [9.17, 15) is 23.3 Å². The number of nitrogens with zero attached hydrogens (tertiary/aromatic N) is 3. The van der Waals surface area contributed by atoms with E-state index >= 15 is 0 Å². The van der Waals surface area contributed by atoms with Gasteiger partial charge in [0.25, 0.3) is 0 Å². The number of hydrogen-bond donors (Lipinski definition) is 2. The molecule has 0 amide bonds. The molecule has 3 aromatic rings. The van der Waals surface area contributed by atoms with Crippen molar-refractivity contribution in [2.75, 3.05) is 10.6 Å². The van der Waals surface area contributed by atoms with E-state index in [0.717, 1.165) is 29.6 Å². The average Bonchev–Trinajstić information content (AvgIpc) is 2.65. The highest BCUT2D eigenvalue weighted by Crippen LogP contribution is 2.35. The minimum Gasteiger partial charge on any atom is -0.334 e. The largest absolute Gasteiger partial charge is 0.416 e. The first-order valence-electron chi connectivity index (χ1n) is 8.43. The Hall–Kier alpha value is -3.69. The second kappa shape index (κ2) is 7.74. The molecule has 0 atom stereocenters. The van der Waals surface area contributed by atoms with Gasteiger partial charge in [0.05, 0.1) is 10.5 Å². The van der Waals surface area contributed by atoms with E-state index in [1.807, 2.05) is 19.9 Å². The summed E-state index contributed by atoms with van der Waals surface area (Å²) in [5.74, 6) is -0.301. The highest BCUT2D eigenvalue weighted by molar-refractivity contribution is 5.77. The smallest absolute Gasteiger partial charge is 0.334 e. The molecule has 1 heterocycles. The van der Waals surface area contributed by atoms with Crippen LogP contribution in [0.15, 0.2) is 48.8 Å². The van der Waals surface area contributed by atoms with Gasteiger partial charge in [-0.05, 0) is 49.2 Å². The summed E-state index contributed by atoms with van der Waals surface area (Å²) in [7, 11) is 0. The quantitative estimate of drug-likeness (QED) is 0.431. The van der Waals surface area contributed by atoms with Crippen molar-refractivity contribution in [3.8, 4) is 0 Å². The second-order valence-corrected chi connectivity index (χ2v) is 6.25. The van der Waals surface area contributed by atoms with Crippen molar-refractivity contribution < 1.29 is 18.1 Å². The zero-order valence-corrected chi connectivity index (χ0v) is 15.4. The first kappa shape index (κ1) is 20.1. The van der Waals surface area contributed by atoms with E-state index in [-0.39, 0.29) is 17.3 Å². The molecule has 29 heavy (non-hydrogen) atoms. The average molecular weight is 403 g/mol. The van der Waals surface area contributed by atoms with Gasteiger partial charge in [-0.25, -0.2) is 9.97 Å². The Morgan fingerprint density at radius 2 is 1.66 bits per heavy atom. The fraction of sp³-hybridized carbons (Fsp3) is 0.158. The predicted molar refractivity (Wildman–Crippen MR) is 103 cm³/mol. The molecule has 0 aliphatic heterocycles. The first-order valence-corrected chi connectivity index (χ1v) is 8.43. The van der Waals surface area contributed by atoms with Gasteiger partial charge in [-0.15, -0.1) is 0 Å². The Morgan fingerprint density at radius 3 is 2.31 bits per heavy atom. The molecule has 10 heteroatoms. The van der Waals surface area contributed by atoms with Crippen molar-refractivity contribution in [2.24, 2.45) is 0 Å². The minimum atomic E-state index is -4.54. The Balaban J connectivity index is 2.00. The van der Waals surface area contributed by atoms with Crippen LogP contribution in [0.25, 0.3) is 0 Å². The number of rotatable bonds is 5. The fourth-order valence-electron chi connectivity index (χ4n) is 2.66. The lowest BCUT2D eigenvalue weighted by Crippen LogP contribution is -2.08. The summed E-state index contributed by atoms with van der Waals surface area (Å²) < 4.78 is 38.8. The maximum absolute atomic E-state index is 12.9. The molecule has 0 aliphatic carbocycles. The lowest BCUT2D eigenvalue weighted by Gasteiger charge is -2.13. The second-order valence-electron chi connectivity index (χ2n) is 6.25. The normalized spacial score (nSPS) is 11.2. The Kier molecular flexibility index (Phi) is 5.35. The zero-order chi connectivity index (χ0) is 21.2. The number of hydrogen-bond acceptors (Lipinski definition) is 6. The van der Waals surface area contributed by atoms with E-state index in [1.54, 1.807) is 12.1 Å². The minimum absolute atomic E-state index is 0.0133. The standard InChI is InChI=1S/C19H16F3N5O2/c1-11-5-3-8-15(12(11)2)26-18-16(27(28)29)17(23-10-24-18)25-14-7-4-6-13(9-14)19(20,21)22/h3-10H,1-2H3,(H2,23,24,25,26). The highest BCUT2D eigenvalue weighted by Gasteiger charge is 2.31. The number of nitro groups is 1. The number of alkyl halides is 3. The molecule has 7 nitrogen and oxygen atoms in total. The topological polar surface area (TPSA) is 93.0 Å². The molecule has 0 saturated carbocycles. The van der Waals surface area contributed by atoms with Crippen LogP contribution in [0.1, 0.15) is 16.7 Å². The van der Waals surface area contributed by atoms with Gasteiger partial charge in [-0.2, -0.15) is 13.2 Å². The molecule has 0 aliphatic rings. The highest BCUT2D eigenvalue weighted by atomic mass is 19.4. The first-order chi connectivity index (χ1) is 13.7. The number of nitrogens with one attached hydrogen (secondary N) is 2. The summed E-state index contributed by atoms with van der Waals surface area (Å²) in [6.45, 7) is 3.75. The van der Waals surface area contributed by atoms with Crippen molar-refractivity contribution in [3.05, 3.63) is 75.6 Å². The molecule has 1 aromatic heterocycles. The number of halogens is 3. The number of anilines is 4. The van der Waals surface area contributed by atoms with Crippen LogP contribution in [0.3, 0.4) is 0 Å². The lowest BCUT2D eigenvalue weighted by molar-refractivity contribution is -0.383. The van der Waals surface area contributed by atoms with Crippen LogP contribution in [0.2, 0.25) is 0 Å². The van der Waals surface area contributed by atoms with Crippen molar-refractivity contribution >= 4 is 28.7 Å². The zero-order valence-electron chi connectivity index (χ0n) is 15.4. The molecule has 0 bridgehead atoms. The summed E-state index contributed by atoms with van der Waals surface area (Å²) >= 11 is 0. The molecule has 3 rings (SSSR count). The summed E-state index contributed by atoms with van der Waals surface area (Å²) in [5.41, 5.74) is 1.14. The third-order valence-electron chi connectivity index (χ3n) is 4.32. The van der Waals surface area contributed by atoms with Crippen LogP contribution in [-0.4, -0.2) is 14.9 Å². The molecule has 0 fully saturated rings. The molecular formula is C19H16F3N5O2. The summed E-state index contributed by atoms with van der Waals surface area (Å²) in [5, 5.41) is 17.2. The Bertz CT molecular complexity index is 1070. The summed E-state index contributed by atoms with van der Waals surface area (Å²) in [4.78, 5) is 18.8. The lowest BCUT2D eigenvalue weighted by atomic mass is 10.1. The van der Waals surface area contributed by atoms with Gasteiger partial charge in [-0.3, -0.25) is 10.1 Å². The van der Waals surface area contributed by atoms with E-state index in [4.69, 9.17) is 0 Å². The van der Waals surface area contributed by atoms with Crippen LogP contribution >= 0.6 is 0 Å². The third kappa shape index (κ3) is 4.42. The number of aryl methyl sites for hydroxylation is 1. The molecule has 150 valence electrons. The molecule has 2 aromatic carbocycles. The predicted octanol–water partition coefficient (Wildman–Crippen LogP) is 5.51. The number of aromatic nitrogens is 2. The van der Waals surface area contributed by atoms with E-state index in [0.29, 0.717) is 5.69 Å². The SMILES string of the molecule is Cc1cccc(Nc2ncnc(Nc3cccc(C(F)(F)F)c3)c2[N+](=O)[O-])c1C. The molecular weight excluding hydrogens is 387 g/mol. The molecule has 0 saturated heterocycles. The van der Waals surface area contributed by atoms with Crippen LogP contribution in [0, 0.1) is 24.0 Å². The van der Waals surface area contributed by atoms with Crippen LogP contribution in [0.4, 0.5) is 41.9 Å². The van der Waals surface area contributed by atoms with Gasteiger partial charge in [0.15, 0.2) is 0 Å². The molecule has 2 N–H and O–H groups in total. The van der Waals surface area contributed by atoms with Gasteiger partial charge in [0.2, 0.25) is 11.6 Å². The van der Waals surface area contributed by atoms with Crippen LogP contribution < -0.4 is 10.6 Å². The van der Waals surface area contributed by atoms with Crippen molar-refractivity contribution in [1.29, 1.82) is 0 Å². The van der Waals surface area contributed by atoms with Gasteiger partial charge >= 0.3 is 11.9 Å². The Labute approximate surface area is 163 Å². The molecule has 0 spiro atoms. The van der Waals surface area contributed by atoms with Gasteiger partial charge in [0.1, 0.15) is 6.33 Å². The third-order valence-corrected chi connectivity index (χ3v) is 4.32. The fourth-order valence-corrected chi connectivity index (χ4v) is 2.66. The molecule has 0 unspecified atom stereocenters. The van der Waals surface area contributed by atoms with E-state index in [2.05, 4.69) is 20.6 Å². The van der Waals surface area contributed by atoms with Crippen molar-refractivity contribution in [1.82, 2.24) is 9.97 Å². The van der Waals surface area contributed by atoms with Gasteiger partial charge in [0, 0.05) is 11.4 Å². The van der Waals surface area contributed by atoms with Crippen molar-refractivity contribution in [2.45, 2.75) is 20.0 Å². The maximum atomic E-state index is 12.9. The molecule has 0 radical (unpaired) electrons. The number of benzene rings is 2. The summed E-state index contributed by atoms with van der Waals surface area (Å²) in [6, 6.07) is 9.76. The van der Waals surface area contributed by atoms with Crippen LogP contribution in [-0.2, 0) is 6.18 Å². The van der Waals surface area contributed by atoms with E-state index in [1.165, 1.54) is 12.1 Å². The summed E-state index contributed by atoms with van der Waals surface area (Å²) in [6.07, 6.45) is -3.44. The van der Waals surface area contributed by atoms with Gasteiger partial charge in [-0.1, -0.05) is 18.2 Å². The van der Waals surface area contributed by atoms with Gasteiger partial charge < -0.3 is 10.6 Å². The van der Waals surface area contributed by atoms with Crippen molar-refractivity contribution in [3.63, 3.8) is 0 Å².